The smallest absolute Gasteiger partial charge is 0.238 e. The second-order valence-corrected chi connectivity index (χ2v) is 7.29. The van der Waals surface area contributed by atoms with Gasteiger partial charge in [0.25, 0.3) is 0 Å². The second kappa shape index (κ2) is 8.14. The van der Waals surface area contributed by atoms with E-state index in [1.165, 1.54) is 32.4 Å². The molecule has 0 amide bonds. The molecule has 0 atom stereocenters. The van der Waals surface area contributed by atoms with Gasteiger partial charge in [-0.15, -0.1) is 0 Å². The molecular weight excluding hydrogens is 330 g/mol. The van der Waals surface area contributed by atoms with Crippen LogP contribution in [0.3, 0.4) is 0 Å². The van der Waals surface area contributed by atoms with Gasteiger partial charge in [0.05, 0.1) is 13.2 Å². The molecule has 0 saturated carbocycles. The number of rotatable bonds is 3. The Hall–Kier alpha value is -1.98. The number of nitriles is 1. The molecule has 8 nitrogen and oxygen atoms in total. The van der Waals surface area contributed by atoms with E-state index in [-0.39, 0.29) is 5.82 Å². The minimum Gasteiger partial charge on any atom is -0.378 e. The largest absolute Gasteiger partial charge is 0.378 e. The molecule has 0 aliphatic carbocycles. The summed E-state index contributed by atoms with van der Waals surface area (Å²) in [6.07, 6.45) is 6.33. The van der Waals surface area contributed by atoms with Crippen molar-refractivity contribution in [1.29, 1.82) is 5.26 Å². The van der Waals surface area contributed by atoms with Crippen LogP contribution in [0.25, 0.3) is 0 Å². The van der Waals surface area contributed by atoms with Gasteiger partial charge in [0.1, 0.15) is 6.07 Å². The minimum absolute atomic E-state index is 0.203. The molecule has 3 saturated heterocycles. The van der Waals surface area contributed by atoms with Gasteiger partial charge in [0, 0.05) is 32.2 Å². The first kappa shape index (κ1) is 17.4. The fourth-order valence-corrected chi connectivity index (χ4v) is 4.16. The first-order valence-electron chi connectivity index (χ1n) is 9.81. The molecule has 4 heterocycles. The molecule has 0 spiro atoms. The van der Waals surface area contributed by atoms with E-state index in [0.29, 0.717) is 31.2 Å². The van der Waals surface area contributed by atoms with Crippen LogP contribution in [0.1, 0.15) is 37.9 Å². The number of hydrogen-bond donors (Lipinski definition) is 0. The third-order valence-electron chi connectivity index (χ3n) is 5.66. The fourth-order valence-electron chi connectivity index (χ4n) is 4.16. The first-order valence-corrected chi connectivity index (χ1v) is 9.81. The normalized spacial score (nSPS) is 23.0. The van der Waals surface area contributed by atoms with Crippen LogP contribution in [0.4, 0.5) is 11.9 Å². The highest BCUT2D eigenvalue weighted by Crippen LogP contribution is 2.24. The molecule has 8 heteroatoms. The molecule has 3 fully saturated rings. The molecule has 140 valence electrons. The average molecular weight is 357 g/mol. The number of nitrogens with zero attached hydrogens (tertiary/aromatic N) is 7. The van der Waals surface area contributed by atoms with E-state index in [0.717, 1.165) is 39.0 Å². The summed E-state index contributed by atoms with van der Waals surface area (Å²) in [7, 11) is 0. The van der Waals surface area contributed by atoms with Crippen molar-refractivity contribution in [1.82, 2.24) is 19.9 Å². The van der Waals surface area contributed by atoms with E-state index >= 15 is 0 Å². The predicted octanol–water partition coefficient (Wildman–Crippen LogP) is 1.03. The van der Waals surface area contributed by atoms with E-state index in [1.54, 1.807) is 0 Å². The van der Waals surface area contributed by atoms with Gasteiger partial charge in [0.15, 0.2) is 0 Å². The maximum Gasteiger partial charge on any atom is 0.238 e. The number of aromatic nitrogens is 3. The number of likely N-dealkylation sites (tertiary alicyclic amines) is 1. The standard InChI is InChI=1S/C18H27N7O/c19-14-16-20-17(22-18(21-16)25-10-12-26-13-11-25)24-8-4-15(5-9-24)23-6-2-1-3-7-23/h15H,1-13H2. The Balaban J connectivity index is 1.44. The zero-order valence-electron chi connectivity index (χ0n) is 15.3. The van der Waals surface area contributed by atoms with Crippen LogP contribution in [0.5, 0.6) is 0 Å². The Morgan fingerprint density at radius 1 is 0.808 bits per heavy atom. The van der Waals surface area contributed by atoms with Crippen molar-refractivity contribution in [2.24, 2.45) is 0 Å². The van der Waals surface area contributed by atoms with Gasteiger partial charge in [0.2, 0.25) is 17.7 Å². The lowest BCUT2D eigenvalue weighted by molar-refractivity contribution is 0.122. The monoisotopic (exact) mass is 357 g/mol. The van der Waals surface area contributed by atoms with Gasteiger partial charge in [-0.1, -0.05) is 6.42 Å². The number of anilines is 2. The minimum atomic E-state index is 0.203. The molecule has 1 aromatic heterocycles. The summed E-state index contributed by atoms with van der Waals surface area (Å²) in [5, 5.41) is 9.32. The lowest BCUT2D eigenvalue weighted by Gasteiger charge is -2.40. The Labute approximate surface area is 154 Å². The summed E-state index contributed by atoms with van der Waals surface area (Å²) in [5.41, 5.74) is 0. The second-order valence-electron chi connectivity index (χ2n) is 7.29. The zero-order chi connectivity index (χ0) is 17.8. The molecule has 0 unspecified atom stereocenters. The van der Waals surface area contributed by atoms with Crippen LogP contribution in [0.2, 0.25) is 0 Å². The summed E-state index contributed by atoms with van der Waals surface area (Å²) in [4.78, 5) is 20.3. The highest BCUT2D eigenvalue weighted by molar-refractivity contribution is 5.41. The van der Waals surface area contributed by atoms with Gasteiger partial charge in [-0.25, -0.2) is 0 Å². The fraction of sp³-hybridized carbons (Fsp3) is 0.778. The van der Waals surface area contributed by atoms with Crippen LogP contribution in [-0.4, -0.2) is 78.4 Å². The summed E-state index contributed by atoms with van der Waals surface area (Å²) >= 11 is 0. The first-order chi connectivity index (χ1) is 12.8. The van der Waals surface area contributed by atoms with Crippen molar-refractivity contribution < 1.29 is 4.74 Å². The van der Waals surface area contributed by atoms with E-state index in [9.17, 15) is 5.26 Å². The zero-order valence-corrected chi connectivity index (χ0v) is 15.3. The molecular formula is C18H27N7O. The summed E-state index contributed by atoms with van der Waals surface area (Å²) in [5.74, 6) is 1.46. The highest BCUT2D eigenvalue weighted by Gasteiger charge is 2.27. The van der Waals surface area contributed by atoms with Crippen LogP contribution in [-0.2, 0) is 4.74 Å². The quantitative estimate of drug-likeness (QED) is 0.794. The van der Waals surface area contributed by atoms with Crippen molar-refractivity contribution in [3.8, 4) is 6.07 Å². The summed E-state index contributed by atoms with van der Waals surface area (Å²) in [6.45, 7) is 7.23. The highest BCUT2D eigenvalue weighted by atomic mass is 16.5. The molecule has 0 N–H and O–H groups in total. The average Bonchev–Trinajstić information content (AvgIpc) is 2.75. The molecule has 3 aliphatic rings. The van der Waals surface area contributed by atoms with E-state index < -0.39 is 0 Å². The van der Waals surface area contributed by atoms with Crippen LogP contribution >= 0.6 is 0 Å². The SMILES string of the molecule is N#Cc1nc(N2CCOCC2)nc(N2CCC(N3CCCCC3)CC2)n1. The number of morpholine rings is 1. The van der Waals surface area contributed by atoms with Crippen LogP contribution in [0, 0.1) is 11.3 Å². The third kappa shape index (κ3) is 3.89. The van der Waals surface area contributed by atoms with Crippen LogP contribution < -0.4 is 9.80 Å². The van der Waals surface area contributed by atoms with Crippen molar-refractivity contribution in [3.63, 3.8) is 0 Å². The van der Waals surface area contributed by atoms with E-state index in [4.69, 9.17) is 4.74 Å². The van der Waals surface area contributed by atoms with E-state index in [2.05, 4.69) is 35.7 Å². The lowest BCUT2D eigenvalue weighted by atomic mass is 10.0. The Bertz CT molecular complexity index is 641. The van der Waals surface area contributed by atoms with Crippen molar-refractivity contribution in [2.45, 2.75) is 38.1 Å². The number of hydrogen-bond acceptors (Lipinski definition) is 8. The molecule has 0 aromatic carbocycles. The molecule has 1 aromatic rings. The maximum atomic E-state index is 9.32. The van der Waals surface area contributed by atoms with E-state index in [1.807, 2.05) is 0 Å². The summed E-state index contributed by atoms with van der Waals surface area (Å²) in [6, 6.07) is 2.77. The molecule has 0 bridgehead atoms. The maximum absolute atomic E-state index is 9.32. The van der Waals surface area contributed by atoms with Gasteiger partial charge in [-0.05, 0) is 38.8 Å². The van der Waals surface area contributed by atoms with Gasteiger partial charge >= 0.3 is 0 Å². The number of ether oxygens (including phenoxy) is 1. The van der Waals surface area contributed by atoms with Crippen molar-refractivity contribution in [3.05, 3.63) is 5.82 Å². The Morgan fingerprint density at radius 2 is 1.42 bits per heavy atom. The van der Waals surface area contributed by atoms with Crippen molar-refractivity contribution >= 4 is 11.9 Å². The molecule has 4 rings (SSSR count). The number of piperidine rings is 2. The summed E-state index contributed by atoms with van der Waals surface area (Å²) < 4.78 is 5.40. The molecule has 3 aliphatic heterocycles. The van der Waals surface area contributed by atoms with Gasteiger partial charge in [-0.3, -0.25) is 0 Å². The Morgan fingerprint density at radius 3 is 2.04 bits per heavy atom. The lowest BCUT2D eigenvalue weighted by Crippen LogP contribution is -2.47. The van der Waals surface area contributed by atoms with Gasteiger partial charge < -0.3 is 19.4 Å². The van der Waals surface area contributed by atoms with Crippen molar-refractivity contribution in [2.75, 3.05) is 62.3 Å². The predicted molar refractivity (Wildman–Crippen MR) is 98.2 cm³/mol. The van der Waals surface area contributed by atoms with Crippen LogP contribution in [0.15, 0.2) is 0 Å². The third-order valence-corrected chi connectivity index (χ3v) is 5.66. The molecule has 0 radical (unpaired) electrons. The topological polar surface area (TPSA) is 81.4 Å². The Kier molecular flexibility index (Phi) is 5.46. The van der Waals surface area contributed by atoms with Gasteiger partial charge in [-0.2, -0.15) is 20.2 Å². The molecule has 26 heavy (non-hydrogen) atoms.